The molecule has 0 radical (unpaired) electrons. The lowest BCUT2D eigenvalue weighted by Gasteiger charge is -2.12. The summed E-state index contributed by atoms with van der Waals surface area (Å²) in [5.41, 5.74) is -0.349. The molecule has 0 unspecified atom stereocenters. The first-order chi connectivity index (χ1) is 8.75. The summed E-state index contributed by atoms with van der Waals surface area (Å²) in [4.78, 5) is 39.6. The number of halogens is 2. The Hall–Kier alpha value is -1.07. The number of rotatable bonds is 3. The van der Waals surface area contributed by atoms with Crippen LogP contribution >= 0.6 is 23.2 Å². The number of allylic oxidation sites excluding steroid dienone is 1. The van der Waals surface area contributed by atoms with Crippen LogP contribution in [0, 0.1) is 17.3 Å². The molecule has 2 rings (SSSR count). The molecule has 0 aromatic heterocycles. The molecule has 5 nitrogen and oxygen atoms in total. The maximum Gasteiger partial charge on any atom is 0.337 e. The van der Waals surface area contributed by atoms with Gasteiger partial charge in [-0.1, -0.05) is 37.0 Å². The summed E-state index contributed by atoms with van der Waals surface area (Å²) in [7, 11) is 0. The van der Waals surface area contributed by atoms with E-state index >= 15 is 0 Å². The minimum Gasteiger partial charge on any atom is -0.330 e. The highest BCUT2D eigenvalue weighted by Crippen LogP contribution is 2.60. The van der Waals surface area contributed by atoms with Crippen LogP contribution in [0.25, 0.3) is 0 Å². The van der Waals surface area contributed by atoms with E-state index in [1.54, 1.807) is 6.08 Å². The number of amides is 2. The van der Waals surface area contributed by atoms with Gasteiger partial charge in [0.05, 0.1) is 5.92 Å². The molecule has 1 aliphatic carbocycles. The zero-order valence-electron chi connectivity index (χ0n) is 10.5. The van der Waals surface area contributed by atoms with Gasteiger partial charge in [-0.05, 0) is 17.4 Å². The zero-order valence-corrected chi connectivity index (χ0v) is 12.0. The van der Waals surface area contributed by atoms with Crippen molar-refractivity contribution >= 4 is 41.0 Å². The van der Waals surface area contributed by atoms with E-state index in [2.05, 4.69) is 0 Å². The molecule has 7 heteroatoms. The van der Waals surface area contributed by atoms with Gasteiger partial charge >= 0.3 is 5.97 Å². The third-order valence-electron chi connectivity index (χ3n) is 3.66. The number of imide groups is 1. The monoisotopic (exact) mass is 305 g/mol. The van der Waals surface area contributed by atoms with E-state index in [4.69, 9.17) is 28.0 Å². The molecule has 19 heavy (non-hydrogen) atoms. The van der Waals surface area contributed by atoms with Crippen LogP contribution in [0.4, 0.5) is 0 Å². The number of hydrogen-bond acceptors (Lipinski definition) is 4. The van der Waals surface area contributed by atoms with E-state index in [9.17, 15) is 14.4 Å². The van der Waals surface area contributed by atoms with Crippen molar-refractivity contribution in [1.29, 1.82) is 0 Å². The highest BCUT2D eigenvalue weighted by atomic mass is 35.5. The lowest BCUT2D eigenvalue weighted by atomic mass is 10.1. The van der Waals surface area contributed by atoms with Crippen LogP contribution in [-0.2, 0) is 19.2 Å². The third-order valence-corrected chi connectivity index (χ3v) is 3.91. The molecule has 104 valence electrons. The molecule has 2 atom stereocenters. The highest BCUT2D eigenvalue weighted by molar-refractivity contribution is 6.55. The Morgan fingerprint density at radius 3 is 2.32 bits per heavy atom. The summed E-state index contributed by atoms with van der Waals surface area (Å²) < 4.78 is 0.0849. The fraction of sp³-hybridized carbons (Fsp3) is 0.583. The van der Waals surface area contributed by atoms with Gasteiger partial charge in [0.25, 0.3) is 11.8 Å². The molecule has 1 heterocycles. The first-order valence-corrected chi connectivity index (χ1v) is 6.61. The molecule has 0 aromatic carbocycles. The van der Waals surface area contributed by atoms with Gasteiger partial charge in [0, 0.05) is 12.8 Å². The normalized spacial score (nSPS) is 28.3. The fourth-order valence-electron chi connectivity index (χ4n) is 2.38. The summed E-state index contributed by atoms with van der Waals surface area (Å²) in [5.74, 6) is -2.19. The first-order valence-electron chi connectivity index (χ1n) is 5.85. The minimum atomic E-state index is -0.607. The van der Waals surface area contributed by atoms with Crippen molar-refractivity contribution in [2.75, 3.05) is 0 Å². The quantitative estimate of drug-likeness (QED) is 0.750. The largest absolute Gasteiger partial charge is 0.337 e. The average molecular weight is 306 g/mol. The summed E-state index contributed by atoms with van der Waals surface area (Å²) in [6, 6.07) is 0. The van der Waals surface area contributed by atoms with Crippen LogP contribution in [0.2, 0.25) is 0 Å². The maximum atomic E-state index is 12.0. The second kappa shape index (κ2) is 4.80. The van der Waals surface area contributed by atoms with Crippen LogP contribution in [0.15, 0.2) is 10.6 Å². The molecular weight excluding hydrogens is 293 g/mol. The zero-order chi connectivity index (χ0) is 14.4. The van der Waals surface area contributed by atoms with Gasteiger partial charge in [0.2, 0.25) is 0 Å². The first kappa shape index (κ1) is 14.3. The molecule has 1 saturated heterocycles. The third kappa shape index (κ3) is 2.62. The van der Waals surface area contributed by atoms with Crippen LogP contribution in [-0.4, -0.2) is 22.8 Å². The number of carbonyl (C=O) groups excluding carboxylic acids is 3. The second-order valence-corrected chi connectivity index (χ2v) is 6.28. The Morgan fingerprint density at radius 2 is 1.84 bits per heavy atom. The molecule has 1 saturated carbocycles. The molecule has 0 bridgehead atoms. The lowest BCUT2D eigenvalue weighted by Crippen LogP contribution is -2.33. The fourth-order valence-corrected chi connectivity index (χ4v) is 2.65. The van der Waals surface area contributed by atoms with Crippen LogP contribution in [0.1, 0.15) is 26.7 Å². The Balaban J connectivity index is 2.04. The van der Waals surface area contributed by atoms with Crippen LogP contribution in [0.3, 0.4) is 0 Å². The van der Waals surface area contributed by atoms with Gasteiger partial charge in [0.15, 0.2) is 0 Å². The Labute approximate surface area is 120 Å². The summed E-state index contributed by atoms with van der Waals surface area (Å²) in [5, 5.41) is 0.555. The van der Waals surface area contributed by atoms with Crippen molar-refractivity contribution in [3.05, 3.63) is 10.6 Å². The summed E-state index contributed by atoms with van der Waals surface area (Å²) in [6.45, 7) is 3.73. The standard InChI is InChI=1S/C12H13Cl2NO4/c1-12(2)6(5-7(13)14)10(12)11(18)19-15-8(16)3-4-9(15)17/h5-6,10H,3-4H2,1-2H3/t6-,10-/m1/s1. The molecule has 0 spiro atoms. The van der Waals surface area contributed by atoms with Crippen molar-refractivity contribution in [1.82, 2.24) is 5.06 Å². The van der Waals surface area contributed by atoms with E-state index in [0.717, 1.165) is 0 Å². The van der Waals surface area contributed by atoms with E-state index < -0.39 is 23.7 Å². The molecule has 0 aromatic rings. The van der Waals surface area contributed by atoms with Crippen molar-refractivity contribution in [2.24, 2.45) is 17.3 Å². The molecule has 2 aliphatic rings. The van der Waals surface area contributed by atoms with Crippen molar-refractivity contribution in [2.45, 2.75) is 26.7 Å². The number of hydroxylamine groups is 2. The highest BCUT2D eigenvalue weighted by Gasteiger charge is 2.62. The Morgan fingerprint density at radius 1 is 1.32 bits per heavy atom. The minimum absolute atomic E-state index is 0.0804. The summed E-state index contributed by atoms with van der Waals surface area (Å²) >= 11 is 11.2. The Kier molecular flexibility index (Phi) is 3.62. The number of nitrogens with zero attached hydrogens (tertiary/aromatic N) is 1. The van der Waals surface area contributed by atoms with Gasteiger partial charge in [0.1, 0.15) is 4.49 Å². The van der Waals surface area contributed by atoms with Gasteiger partial charge < -0.3 is 4.84 Å². The molecule has 2 amide bonds. The lowest BCUT2D eigenvalue weighted by molar-refractivity contribution is -0.199. The Bertz CT molecular complexity index is 466. The van der Waals surface area contributed by atoms with Gasteiger partial charge in [-0.25, -0.2) is 4.79 Å². The predicted molar refractivity (Wildman–Crippen MR) is 67.7 cm³/mol. The van der Waals surface area contributed by atoms with Gasteiger partial charge in [-0.15, -0.1) is 5.06 Å². The van der Waals surface area contributed by atoms with Gasteiger partial charge in [-0.3, -0.25) is 9.59 Å². The van der Waals surface area contributed by atoms with E-state index in [1.165, 1.54) is 0 Å². The van der Waals surface area contributed by atoms with Crippen molar-refractivity contribution in [3.63, 3.8) is 0 Å². The van der Waals surface area contributed by atoms with Crippen molar-refractivity contribution < 1.29 is 19.2 Å². The van der Waals surface area contributed by atoms with Gasteiger partial charge in [-0.2, -0.15) is 0 Å². The van der Waals surface area contributed by atoms with E-state index in [-0.39, 0.29) is 28.7 Å². The van der Waals surface area contributed by atoms with E-state index in [1.807, 2.05) is 13.8 Å². The molecule has 0 N–H and O–H groups in total. The molecular formula is C12H13Cl2NO4. The van der Waals surface area contributed by atoms with Crippen LogP contribution < -0.4 is 0 Å². The smallest absolute Gasteiger partial charge is 0.330 e. The predicted octanol–water partition coefficient (Wildman–Crippen LogP) is 2.18. The summed E-state index contributed by atoms with van der Waals surface area (Å²) in [6.07, 6.45) is 1.73. The second-order valence-electron chi connectivity index (χ2n) is 5.27. The average Bonchev–Trinajstić information content (AvgIpc) is 2.67. The van der Waals surface area contributed by atoms with Crippen LogP contribution in [0.5, 0.6) is 0 Å². The SMILES string of the molecule is CC1(C)[C@H](C=C(Cl)Cl)[C@@H]1C(=O)ON1C(=O)CCC1=O. The number of hydrogen-bond donors (Lipinski definition) is 0. The van der Waals surface area contributed by atoms with E-state index in [0.29, 0.717) is 5.06 Å². The number of carbonyl (C=O) groups is 3. The molecule has 2 fully saturated rings. The molecule has 1 aliphatic heterocycles. The van der Waals surface area contributed by atoms with Crippen molar-refractivity contribution in [3.8, 4) is 0 Å². The topological polar surface area (TPSA) is 63.7 Å². The maximum absolute atomic E-state index is 12.0.